The van der Waals surface area contributed by atoms with Crippen molar-refractivity contribution in [3.8, 4) is 0 Å². The average Bonchev–Trinajstić information content (AvgIpc) is 3.18. The molecular formula is C18H22FN5O. The average molecular weight is 343 g/mol. The first kappa shape index (κ1) is 17.0. The Morgan fingerprint density at radius 3 is 2.96 bits per heavy atom. The number of aromatic nitrogens is 3. The van der Waals surface area contributed by atoms with Crippen molar-refractivity contribution in [3.05, 3.63) is 53.7 Å². The molecule has 0 spiro atoms. The first-order valence-corrected chi connectivity index (χ1v) is 8.38. The Bertz CT molecular complexity index is 854. The number of halogens is 1. The highest BCUT2D eigenvalue weighted by atomic mass is 19.1. The number of benzene rings is 1. The predicted octanol–water partition coefficient (Wildman–Crippen LogP) is 2.74. The van der Waals surface area contributed by atoms with E-state index in [1.165, 1.54) is 12.1 Å². The lowest BCUT2D eigenvalue weighted by atomic mass is 10.1. The van der Waals surface area contributed by atoms with Crippen molar-refractivity contribution < 1.29 is 9.18 Å². The number of aryl methyl sites for hydroxylation is 2. The summed E-state index contributed by atoms with van der Waals surface area (Å²) in [5, 5.41) is 10.7. The number of carbonyl (C=O) groups is 1. The van der Waals surface area contributed by atoms with Crippen LogP contribution < -0.4 is 10.6 Å². The number of fused-ring (bicyclic) bond motifs is 1. The molecule has 2 heterocycles. The molecule has 0 fully saturated rings. The summed E-state index contributed by atoms with van der Waals surface area (Å²) in [6.45, 7) is 3.85. The maximum Gasteiger partial charge on any atom is 0.314 e. The summed E-state index contributed by atoms with van der Waals surface area (Å²) in [7, 11) is 0. The molecule has 0 radical (unpaired) electrons. The molecule has 2 aromatic heterocycles. The Morgan fingerprint density at radius 1 is 1.32 bits per heavy atom. The van der Waals surface area contributed by atoms with Crippen LogP contribution in [0.4, 0.5) is 9.18 Å². The Labute approximate surface area is 145 Å². The van der Waals surface area contributed by atoms with E-state index in [1.807, 2.05) is 30.2 Å². The van der Waals surface area contributed by atoms with Gasteiger partial charge in [0.1, 0.15) is 5.82 Å². The molecule has 0 aliphatic heterocycles. The zero-order valence-corrected chi connectivity index (χ0v) is 14.2. The number of urea groups is 1. The second kappa shape index (κ2) is 7.83. The summed E-state index contributed by atoms with van der Waals surface area (Å²) < 4.78 is 15.2. The molecule has 2 amide bonds. The van der Waals surface area contributed by atoms with Gasteiger partial charge in [-0.15, -0.1) is 0 Å². The molecule has 0 aliphatic carbocycles. The molecule has 0 atom stereocenters. The number of H-pyrrole nitrogens is 1. The van der Waals surface area contributed by atoms with Crippen LogP contribution in [-0.4, -0.2) is 33.9 Å². The van der Waals surface area contributed by atoms with E-state index in [0.29, 0.717) is 19.5 Å². The lowest BCUT2D eigenvalue weighted by Gasteiger charge is -2.07. The van der Waals surface area contributed by atoms with Crippen molar-refractivity contribution in [3.63, 3.8) is 0 Å². The smallest absolute Gasteiger partial charge is 0.314 e. The fraction of sp³-hybridized carbons (Fsp3) is 0.333. The molecule has 0 unspecified atom stereocenters. The molecule has 3 aromatic rings. The normalized spacial score (nSPS) is 11.0. The van der Waals surface area contributed by atoms with Gasteiger partial charge in [-0.25, -0.2) is 9.18 Å². The molecule has 0 aliphatic rings. The number of nitrogens with one attached hydrogen (secondary N) is 3. The van der Waals surface area contributed by atoms with Crippen LogP contribution in [-0.2, 0) is 13.0 Å². The summed E-state index contributed by atoms with van der Waals surface area (Å²) >= 11 is 0. The highest BCUT2D eigenvalue weighted by molar-refractivity contribution is 5.83. The first-order valence-electron chi connectivity index (χ1n) is 8.38. The van der Waals surface area contributed by atoms with Gasteiger partial charge in [-0.1, -0.05) is 0 Å². The van der Waals surface area contributed by atoms with E-state index in [4.69, 9.17) is 0 Å². The van der Waals surface area contributed by atoms with Crippen LogP contribution in [0.25, 0.3) is 10.9 Å². The Balaban J connectivity index is 1.36. The molecular weight excluding hydrogens is 321 g/mol. The molecule has 132 valence electrons. The molecule has 7 heteroatoms. The third-order valence-corrected chi connectivity index (χ3v) is 4.02. The van der Waals surface area contributed by atoms with E-state index in [0.717, 1.165) is 35.0 Å². The van der Waals surface area contributed by atoms with Gasteiger partial charge in [0.2, 0.25) is 0 Å². The molecule has 1 aromatic carbocycles. The van der Waals surface area contributed by atoms with Crippen LogP contribution in [0, 0.1) is 12.7 Å². The third kappa shape index (κ3) is 4.59. The summed E-state index contributed by atoms with van der Waals surface area (Å²) in [5.41, 5.74) is 3.02. The SMILES string of the molecule is Cc1cnn(CCCNC(=O)NCCc2c[nH]c3ccc(F)cc23)c1. The number of nitrogens with zero attached hydrogens (tertiary/aromatic N) is 2. The van der Waals surface area contributed by atoms with E-state index in [1.54, 1.807) is 6.07 Å². The fourth-order valence-corrected chi connectivity index (χ4v) is 2.76. The Morgan fingerprint density at radius 2 is 2.16 bits per heavy atom. The maximum absolute atomic E-state index is 13.3. The van der Waals surface area contributed by atoms with Crippen LogP contribution >= 0.6 is 0 Å². The van der Waals surface area contributed by atoms with Crippen LogP contribution in [0.15, 0.2) is 36.8 Å². The lowest BCUT2D eigenvalue weighted by Crippen LogP contribution is -2.37. The van der Waals surface area contributed by atoms with E-state index in [2.05, 4.69) is 20.7 Å². The Hall–Kier alpha value is -2.83. The fourth-order valence-electron chi connectivity index (χ4n) is 2.76. The molecule has 25 heavy (non-hydrogen) atoms. The maximum atomic E-state index is 13.3. The zero-order chi connectivity index (χ0) is 17.6. The molecule has 3 N–H and O–H groups in total. The minimum absolute atomic E-state index is 0.192. The molecule has 0 saturated carbocycles. The number of carbonyl (C=O) groups excluding carboxylic acids is 1. The number of amides is 2. The van der Waals surface area contributed by atoms with Gasteiger partial charge in [0, 0.05) is 42.9 Å². The second-order valence-corrected chi connectivity index (χ2v) is 6.07. The lowest BCUT2D eigenvalue weighted by molar-refractivity contribution is 0.240. The van der Waals surface area contributed by atoms with Gasteiger partial charge in [0.05, 0.1) is 6.20 Å². The number of hydrogen-bond donors (Lipinski definition) is 3. The van der Waals surface area contributed by atoms with Crippen LogP contribution in [0.3, 0.4) is 0 Å². The van der Waals surface area contributed by atoms with E-state index in [-0.39, 0.29) is 11.8 Å². The van der Waals surface area contributed by atoms with Crippen molar-refractivity contribution in [1.82, 2.24) is 25.4 Å². The predicted molar refractivity (Wildman–Crippen MR) is 94.9 cm³/mol. The summed E-state index contributed by atoms with van der Waals surface area (Å²) in [5.74, 6) is -0.258. The van der Waals surface area contributed by atoms with Gasteiger partial charge >= 0.3 is 6.03 Å². The largest absolute Gasteiger partial charge is 0.361 e. The number of rotatable bonds is 7. The highest BCUT2D eigenvalue weighted by Gasteiger charge is 2.06. The van der Waals surface area contributed by atoms with Crippen molar-refractivity contribution >= 4 is 16.9 Å². The van der Waals surface area contributed by atoms with Gasteiger partial charge in [-0.05, 0) is 49.1 Å². The van der Waals surface area contributed by atoms with E-state index in [9.17, 15) is 9.18 Å². The van der Waals surface area contributed by atoms with Gasteiger partial charge < -0.3 is 15.6 Å². The highest BCUT2D eigenvalue weighted by Crippen LogP contribution is 2.19. The molecule has 3 rings (SSSR count). The standard InChI is InChI=1S/C18H22FN5O/c1-13-10-23-24(12-13)8-2-6-20-18(25)21-7-5-14-11-22-17-4-3-15(19)9-16(14)17/h3-4,9-12,22H,2,5-8H2,1H3,(H2,20,21,25). The zero-order valence-electron chi connectivity index (χ0n) is 14.2. The quantitative estimate of drug-likeness (QED) is 0.577. The van der Waals surface area contributed by atoms with Crippen LogP contribution in [0.1, 0.15) is 17.5 Å². The number of hydrogen-bond acceptors (Lipinski definition) is 2. The van der Waals surface area contributed by atoms with Crippen LogP contribution in [0.2, 0.25) is 0 Å². The van der Waals surface area contributed by atoms with Gasteiger partial charge in [-0.3, -0.25) is 4.68 Å². The van der Waals surface area contributed by atoms with Crippen LogP contribution in [0.5, 0.6) is 0 Å². The molecule has 0 saturated heterocycles. The second-order valence-electron chi connectivity index (χ2n) is 6.07. The monoisotopic (exact) mass is 343 g/mol. The van der Waals surface area contributed by atoms with Crippen molar-refractivity contribution in [2.24, 2.45) is 0 Å². The topological polar surface area (TPSA) is 74.7 Å². The first-order chi connectivity index (χ1) is 12.1. The number of aromatic amines is 1. The van der Waals surface area contributed by atoms with Gasteiger partial charge in [0.25, 0.3) is 0 Å². The van der Waals surface area contributed by atoms with E-state index >= 15 is 0 Å². The summed E-state index contributed by atoms with van der Waals surface area (Å²) in [4.78, 5) is 14.9. The van der Waals surface area contributed by atoms with Crippen molar-refractivity contribution in [1.29, 1.82) is 0 Å². The van der Waals surface area contributed by atoms with E-state index < -0.39 is 0 Å². The minimum Gasteiger partial charge on any atom is -0.361 e. The van der Waals surface area contributed by atoms with Crippen molar-refractivity contribution in [2.45, 2.75) is 26.3 Å². The summed E-state index contributed by atoms with van der Waals surface area (Å²) in [6.07, 6.45) is 7.11. The van der Waals surface area contributed by atoms with Crippen molar-refractivity contribution in [2.75, 3.05) is 13.1 Å². The molecule has 0 bridgehead atoms. The summed E-state index contributed by atoms with van der Waals surface area (Å²) in [6, 6.07) is 4.47. The van der Waals surface area contributed by atoms with Gasteiger partial charge in [0.15, 0.2) is 0 Å². The minimum atomic E-state index is -0.258. The van der Waals surface area contributed by atoms with Gasteiger partial charge in [-0.2, -0.15) is 5.10 Å². The molecule has 6 nitrogen and oxygen atoms in total. The third-order valence-electron chi connectivity index (χ3n) is 4.02. The Kier molecular flexibility index (Phi) is 5.33.